The van der Waals surface area contributed by atoms with E-state index in [-0.39, 0.29) is 18.4 Å². The third kappa shape index (κ3) is 6.08. The predicted molar refractivity (Wildman–Crippen MR) is 133 cm³/mol. The molecule has 0 spiro atoms. The Morgan fingerprint density at radius 2 is 2.00 bits per heavy atom. The first-order chi connectivity index (χ1) is 17.4. The van der Waals surface area contributed by atoms with Gasteiger partial charge in [-0.15, -0.1) is 0 Å². The van der Waals surface area contributed by atoms with Crippen LogP contribution in [0, 0.1) is 5.82 Å². The maximum Gasteiger partial charge on any atom is 0.420 e. The van der Waals surface area contributed by atoms with Crippen LogP contribution in [0.25, 0.3) is 0 Å². The van der Waals surface area contributed by atoms with Gasteiger partial charge in [0.25, 0.3) is 0 Å². The fraction of sp³-hybridized carbons (Fsp3) is 0.0800. The van der Waals surface area contributed by atoms with Crippen molar-refractivity contribution in [3.8, 4) is 0 Å². The van der Waals surface area contributed by atoms with E-state index in [4.69, 9.17) is 4.74 Å². The molecule has 10 nitrogen and oxygen atoms in total. The van der Waals surface area contributed by atoms with Crippen LogP contribution in [0.4, 0.5) is 38.0 Å². The lowest BCUT2D eigenvalue weighted by atomic mass is 10.2. The third-order valence-corrected chi connectivity index (χ3v) is 4.82. The molecule has 0 unspecified atom stereocenters. The normalized spacial score (nSPS) is 10.4. The van der Waals surface area contributed by atoms with E-state index in [1.165, 1.54) is 35.4 Å². The topological polar surface area (TPSA) is 114 Å². The van der Waals surface area contributed by atoms with Crippen LogP contribution in [-0.2, 0) is 23.2 Å². The van der Waals surface area contributed by atoms with Gasteiger partial charge in [0.1, 0.15) is 18.2 Å². The molecule has 2 N–H and O–H groups in total. The van der Waals surface area contributed by atoms with Crippen molar-refractivity contribution in [3.05, 3.63) is 97.2 Å². The van der Waals surface area contributed by atoms with E-state index >= 15 is 0 Å². The summed E-state index contributed by atoms with van der Waals surface area (Å²) < 4.78 is 20.7. The molecule has 0 saturated heterocycles. The first-order valence-corrected chi connectivity index (χ1v) is 10.7. The van der Waals surface area contributed by atoms with Gasteiger partial charge in [-0.2, -0.15) is 10.1 Å². The number of carbonyl (C=O) groups excluding carboxylic acids is 2. The Morgan fingerprint density at radius 3 is 2.75 bits per heavy atom. The zero-order valence-corrected chi connectivity index (χ0v) is 19.3. The van der Waals surface area contributed by atoms with Crippen molar-refractivity contribution in [2.24, 2.45) is 7.05 Å². The van der Waals surface area contributed by atoms with E-state index in [0.29, 0.717) is 22.6 Å². The molecule has 2 aromatic carbocycles. The predicted octanol–water partition coefficient (Wildman–Crippen LogP) is 4.69. The molecule has 2 amide bonds. The van der Waals surface area contributed by atoms with Crippen molar-refractivity contribution >= 4 is 40.8 Å². The molecular formula is C25H22FN7O3. The summed E-state index contributed by atoms with van der Waals surface area (Å²) in [5, 5.41) is 9.77. The summed E-state index contributed by atoms with van der Waals surface area (Å²) in [5.74, 6) is -0.419. The molecule has 2 aromatic heterocycles. The maximum absolute atomic E-state index is 13.6. The smallest absolute Gasteiger partial charge is 0.420 e. The van der Waals surface area contributed by atoms with Crippen LogP contribution in [0.3, 0.4) is 0 Å². The number of anilines is 5. The van der Waals surface area contributed by atoms with Gasteiger partial charge in [-0.3, -0.25) is 9.48 Å². The number of benzene rings is 2. The van der Waals surface area contributed by atoms with Crippen molar-refractivity contribution < 1.29 is 18.7 Å². The SMILES string of the molecule is C=CC(=O)Nc1cccc(N(C(=O)OCc2cccc(F)c2)c2ccnc(Nc3cnn(C)c3)n2)c1. The molecule has 0 aliphatic heterocycles. The van der Waals surface area contributed by atoms with E-state index in [0.717, 1.165) is 6.08 Å². The van der Waals surface area contributed by atoms with Crippen LogP contribution in [-0.4, -0.2) is 31.7 Å². The number of aromatic nitrogens is 4. The number of nitrogens with zero attached hydrogens (tertiary/aromatic N) is 5. The van der Waals surface area contributed by atoms with Gasteiger partial charge in [0, 0.05) is 31.2 Å². The molecule has 0 bridgehead atoms. The van der Waals surface area contributed by atoms with Gasteiger partial charge in [-0.05, 0) is 42.0 Å². The van der Waals surface area contributed by atoms with Crippen LogP contribution in [0.5, 0.6) is 0 Å². The quantitative estimate of drug-likeness (QED) is 0.347. The Balaban J connectivity index is 1.65. The van der Waals surface area contributed by atoms with E-state index in [1.54, 1.807) is 54.5 Å². The number of ether oxygens (including phenoxy) is 1. The number of hydrogen-bond donors (Lipinski definition) is 2. The van der Waals surface area contributed by atoms with E-state index in [2.05, 4.69) is 32.3 Å². The van der Waals surface area contributed by atoms with E-state index in [9.17, 15) is 14.0 Å². The second kappa shape index (κ2) is 10.9. The fourth-order valence-electron chi connectivity index (χ4n) is 3.23. The van der Waals surface area contributed by atoms with Crippen LogP contribution in [0.1, 0.15) is 5.56 Å². The van der Waals surface area contributed by atoms with Gasteiger partial charge in [-0.1, -0.05) is 24.8 Å². The monoisotopic (exact) mass is 487 g/mol. The number of amides is 2. The fourth-order valence-corrected chi connectivity index (χ4v) is 3.23. The minimum absolute atomic E-state index is 0.161. The Hall–Kier alpha value is -5.06. The second-order valence-corrected chi connectivity index (χ2v) is 7.53. The van der Waals surface area contributed by atoms with Gasteiger partial charge in [0.2, 0.25) is 11.9 Å². The molecule has 0 saturated carbocycles. The summed E-state index contributed by atoms with van der Waals surface area (Å²) in [5.41, 5.74) is 1.94. The molecule has 0 atom stereocenters. The van der Waals surface area contributed by atoms with Crippen LogP contribution < -0.4 is 15.5 Å². The highest BCUT2D eigenvalue weighted by molar-refractivity contribution is 6.00. The summed E-state index contributed by atoms with van der Waals surface area (Å²) in [4.78, 5) is 34.9. The standard InChI is InChI=1S/C25H22FN7O3/c1-3-23(34)29-19-8-5-9-21(13-19)33(25(35)36-16-17-6-4-7-18(26)12-17)22-10-11-27-24(31-22)30-20-14-28-32(2)15-20/h3-15H,1,16H2,2H3,(H,29,34)(H,27,30,31). The highest BCUT2D eigenvalue weighted by atomic mass is 19.1. The minimum atomic E-state index is -0.766. The van der Waals surface area contributed by atoms with Crippen LogP contribution >= 0.6 is 0 Å². The van der Waals surface area contributed by atoms with Gasteiger partial charge >= 0.3 is 6.09 Å². The summed E-state index contributed by atoms with van der Waals surface area (Å²) in [7, 11) is 1.77. The number of halogens is 1. The Kier molecular flexibility index (Phi) is 7.30. The van der Waals surface area contributed by atoms with Crippen molar-refractivity contribution in [1.82, 2.24) is 19.7 Å². The van der Waals surface area contributed by atoms with Gasteiger partial charge in [-0.25, -0.2) is 19.1 Å². The summed E-state index contributed by atoms with van der Waals surface area (Å²) in [6, 6.07) is 13.9. The number of rotatable bonds is 8. The first-order valence-electron chi connectivity index (χ1n) is 10.7. The van der Waals surface area contributed by atoms with Gasteiger partial charge in [0.15, 0.2) is 0 Å². The molecular weight excluding hydrogens is 465 g/mol. The summed E-state index contributed by atoms with van der Waals surface area (Å²) in [6.07, 6.45) is 5.20. The average Bonchev–Trinajstić information content (AvgIpc) is 3.27. The highest BCUT2D eigenvalue weighted by Gasteiger charge is 2.22. The van der Waals surface area contributed by atoms with E-state index < -0.39 is 17.8 Å². The number of nitrogens with one attached hydrogen (secondary N) is 2. The number of hydrogen-bond acceptors (Lipinski definition) is 7. The zero-order chi connectivity index (χ0) is 25.5. The average molecular weight is 487 g/mol. The molecule has 0 radical (unpaired) electrons. The van der Waals surface area contributed by atoms with Crippen molar-refractivity contribution in [1.29, 1.82) is 0 Å². The molecule has 2 heterocycles. The number of carbonyl (C=O) groups is 2. The maximum atomic E-state index is 13.6. The van der Waals surface area contributed by atoms with Crippen molar-refractivity contribution in [2.45, 2.75) is 6.61 Å². The number of aryl methyl sites for hydroxylation is 1. The molecule has 36 heavy (non-hydrogen) atoms. The lowest BCUT2D eigenvalue weighted by Gasteiger charge is -2.22. The Labute approximate surface area is 206 Å². The van der Waals surface area contributed by atoms with Crippen LogP contribution in [0.15, 0.2) is 85.8 Å². The molecule has 0 fully saturated rings. The first kappa shape index (κ1) is 24.1. The van der Waals surface area contributed by atoms with E-state index in [1.807, 2.05) is 0 Å². The summed E-state index contributed by atoms with van der Waals surface area (Å²) in [6.45, 7) is 3.28. The molecule has 4 aromatic rings. The molecule has 0 aliphatic carbocycles. The van der Waals surface area contributed by atoms with Gasteiger partial charge < -0.3 is 15.4 Å². The highest BCUT2D eigenvalue weighted by Crippen LogP contribution is 2.28. The Bertz CT molecular complexity index is 1410. The molecule has 182 valence electrons. The largest absolute Gasteiger partial charge is 0.444 e. The van der Waals surface area contributed by atoms with Crippen LogP contribution in [0.2, 0.25) is 0 Å². The lowest BCUT2D eigenvalue weighted by molar-refractivity contribution is -0.111. The minimum Gasteiger partial charge on any atom is -0.444 e. The van der Waals surface area contributed by atoms with Crippen molar-refractivity contribution in [2.75, 3.05) is 15.5 Å². The summed E-state index contributed by atoms with van der Waals surface area (Å²) >= 11 is 0. The Morgan fingerprint density at radius 1 is 1.17 bits per heavy atom. The second-order valence-electron chi connectivity index (χ2n) is 7.53. The molecule has 4 rings (SSSR count). The zero-order valence-electron chi connectivity index (χ0n) is 19.3. The molecule has 0 aliphatic rings. The third-order valence-electron chi connectivity index (χ3n) is 4.82. The molecule has 11 heteroatoms. The lowest BCUT2D eigenvalue weighted by Crippen LogP contribution is -2.28. The van der Waals surface area contributed by atoms with Gasteiger partial charge in [0.05, 0.1) is 17.6 Å². The van der Waals surface area contributed by atoms with Crippen molar-refractivity contribution in [3.63, 3.8) is 0 Å².